The summed E-state index contributed by atoms with van der Waals surface area (Å²) in [5.74, 6) is 0.233. The van der Waals surface area contributed by atoms with Gasteiger partial charge in [0.15, 0.2) is 0 Å². The van der Waals surface area contributed by atoms with Gasteiger partial charge in [-0.2, -0.15) is 0 Å². The van der Waals surface area contributed by atoms with E-state index >= 15 is 0 Å². The van der Waals surface area contributed by atoms with Crippen LogP contribution in [0.5, 0.6) is 0 Å². The molecule has 21 heavy (non-hydrogen) atoms. The van der Waals surface area contributed by atoms with E-state index in [9.17, 15) is 4.39 Å². The molecule has 2 atom stereocenters. The molecule has 0 fully saturated rings. The van der Waals surface area contributed by atoms with Crippen LogP contribution in [0.2, 0.25) is 5.02 Å². The highest BCUT2D eigenvalue weighted by molar-refractivity contribution is 6.30. The topological polar surface area (TPSA) is 26.0 Å². The van der Waals surface area contributed by atoms with Gasteiger partial charge in [-0.25, -0.2) is 4.39 Å². The van der Waals surface area contributed by atoms with Gasteiger partial charge in [0, 0.05) is 10.6 Å². The summed E-state index contributed by atoms with van der Waals surface area (Å²) in [5, 5.41) is 0.417. The van der Waals surface area contributed by atoms with Crippen molar-refractivity contribution < 1.29 is 4.39 Å². The van der Waals surface area contributed by atoms with Gasteiger partial charge in [0.2, 0.25) is 0 Å². The summed E-state index contributed by atoms with van der Waals surface area (Å²) >= 11 is 5.82. The summed E-state index contributed by atoms with van der Waals surface area (Å²) in [7, 11) is 0. The lowest BCUT2D eigenvalue weighted by atomic mass is 9.70. The predicted octanol–water partition coefficient (Wildman–Crippen LogP) is 4.77. The average Bonchev–Trinajstić information content (AvgIpc) is 2.47. The molecule has 0 radical (unpaired) electrons. The molecule has 2 aromatic carbocycles. The van der Waals surface area contributed by atoms with Crippen LogP contribution in [0.15, 0.2) is 42.5 Å². The number of halogens is 2. The molecule has 0 spiro atoms. The molecule has 3 rings (SSSR count). The first-order valence-corrected chi connectivity index (χ1v) is 7.69. The van der Waals surface area contributed by atoms with E-state index in [1.165, 1.54) is 11.6 Å². The fraction of sp³-hybridized carbons (Fsp3) is 0.333. The lowest BCUT2D eigenvalue weighted by Gasteiger charge is -2.38. The summed E-state index contributed by atoms with van der Waals surface area (Å²) < 4.78 is 14.1. The minimum absolute atomic E-state index is 0.275. The summed E-state index contributed by atoms with van der Waals surface area (Å²) in [6.45, 7) is 2.22. The molecule has 0 bridgehead atoms. The second-order valence-electron chi connectivity index (χ2n) is 6.10. The summed E-state index contributed by atoms with van der Waals surface area (Å²) in [5.41, 5.74) is 9.24. The smallest absolute Gasteiger partial charge is 0.127 e. The first-order valence-electron chi connectivity index (χ1n) is 7.32. The second-order valence-corrected chi connectivity index (χ2v) is 6.53. The minimum atomic E-state index is -0.502. The molecule has 2 N–H and O–H groups in total. The van der Waals surface area contributed by atoms with Crippen LogP contribution in [0, 0.1) is 5.82 Å². The number of rotatable bonds is 2. The lowest BCUT2D eigenvalue weighted by molar-refractivity contribution is 0.344. The van der Waals surface area contributed by atoms with Gasteiger partial charge in [0.25, 0.3) is 0 Å². The first kappa shape index (κ1) is 14.6. The fourth-order valence-electron chi connectivity index (χ4n) is 3.33. The Bertz CT molecular complexity index is 670. The van der Waals surface area contributed by atoms with Crippen LogP contribution in [-0.2, 0) is 12.0 Å². The van der Waals surface area contributed by atoms with Gasteiger partial charge < -0.3 is 5.73 Å². The van der Waals surface area contributed by atoms with Crippen LogP contribution in [0.1, 0.15) is 42.4 Å². The Hall–Kier alpha value is -1.38. The third-order valence-corrected chi connectivity index (χ3v) is 4.81. The third-order valence-electron chi connectivity index (χ3n) is 4.57. The number of nitrogens with two attached hydrogens (primary N) is 1. The molecule has 0 aliphatic heterocycles. The van der Waals surface area contributed by atoms with Crippen molar-refractivity contribution in [3.8, 4) is 0 Å². The van der Waals surface area contributed by atoms with E-state index in [4.69, 9.17) is 17.3 Å². The van der Waals surface area contributed by atoms with Crippen LogP contribution in [0.25, 0.3) is 0 Å². The van der Waals surface area contributed by atoms with Gasteiger partial charge in [-0.1, -0.05) is 48.9 Å². The molecular weight excluding hydrogens is 285 g/mol. The predicted molar refractivity (Wildman–Crippen MR) is 85.1 cm³/mol. The molecule has 0 saturated heterocycles. The molecule has 0 amide bonds. The van der Waals surface area contributed by atoms with Crippen molar-refractivity contribution in [2.45, 2.75) is 37.6 Å². The van der Waals surface area contributed by atoms with Gasteiger partial charge in [0.1, 0.15) is 5.82 Å². The van der Waals surface area contributed by atoms with Crippen LogP contribution in [0.4, 0.5) is 4.39 Å². The first-order chi connectivity index (χ1) is 9.99. The molecule has 110 valence electrons. The molecule has 2 unspecified atom stereocenters. The molecule has 1 aliphatic rings. The molecule has 3 heteroatoms. The van der Waals surface area contributed by atoms with E-state index in [1.54, 1.807) is 12.1 Å². The maximum absolute atomic E-state index is 14.1. The quantitative estimate of drug-likeness (QED) is 0.849. The van der Waals surface area contributed by atoms with E-state index < -0.39 is 5.54 Å². The normalized spacial score (nSPS) is 24.7. The van der Waals surface area contributed by atoms with E-state index in [0.29, 0.717) is 22.9 Å². The van der Waals surface area contributed by atoms with E-state index in [-0.39, 0.29) is 5.82 Å². The standard InChI is InChI=1S/C18H19ClFN/c1-12-8-9-18(21,16-5-3-2-4-15(12)16)11-13-6-7-14(19)10-17(13)20/h2-7,10,12H,8-9,11,21H2,1H3. The minimum Gasteiger partial charge on any atom is -0.321 e. The van der Waals surface area contributed by atoms with Crippen LogP contribution < -0.4 is 5.73 Å². The molecule has 1 aliphatic carbocycles. The van der Waals surface area contributed by atoms with Crippen LogP contribution >= 0.6 is 11.6 Å². The molecular formula is C18H19ClFN. The van der Waals surface area contributed by atoms with Gasteiger partial charge in [-0.3, -0.25) is 0 Å². The van der Waals surface area contributed by atoms with E-state index in [1.807, 2.05) is 12.1 Å². The highest BCUT2D eigenvalue weighted by atomic mass is 35.5. The van der Waals surface area contributed by atoms with Crippen molar-refractivity contribution in [2.24, 2.45) is 5.73 Å². The number of hydrogen-bond acceptors (Lipinski definition) is 1. The fourth-order valence-corrected chi connectivity index (χ4v) is 3.49. The van der Waals surface area contributed by atoms with Crippen molar-refractivity contribution in [3.63, 3.8) is 0 Å². The van der Waals surface area contributed by atoms with Gasteiger partial charge in [0.05, 0.1) is 0 Å². The molecule has 0 heterocycles. The van der Waals surface area contributed by atoms with E-state index in [2.05, 4.69) is 19.1 Å². The van der Waals surface area contributed by atoms with Crippen molar-refractivity contribution in [2.75, 3.05) is 0 Å². The molecule has 0 saturated carbocycles. The van der Waals surface area contributed by atoms with Crippen LogP contribution in [0.3, 0.4) is 0 Å². The number of hydrogen-bond donors (Lipinski definition) is 1. The van der Waals surface area contributed by atoms with Crippen molar-refractivity contribution in [3.05, 3.63) is 70.0 Å². The average molecular weight is 304 g/mol. The highest BCUT2D eigenvalue weighted by Crippen LogP contribution is 2.41. The molecule has 1 nitrogen and oxygen atoms in total. The van der Waals surface area contributed by atoms with Crippen molar-refractivity contribution in [1.29, 1.82) is 0 Å². The van der Waals surface area contributed by atoms with Gasteiger partial charge >= 0.3 is 0 Å². The Labute approximate surface area is 129 Å². The molecule has 0 aromatic heterocycles. The Morgan fingerprint density at radius 1 is 1.29 bits per heavy atom. The summed E-state index contributed by atoms with van der Waals surface area (Å²) in [6, 6.07) is 13.1. The summed E-state index contributed by atoms with van der Waals surface area (Å²) in [4.78, 5) is 0. The SMILES string of the molecule is CC1CCC(N)(Cc2ccc(Cl)cc2F)c2ccccc21. The lowest BCUT2D eigenvalue weighted by Crippen LogP contribution is -2.42. The zero-order valence-corrected chi connectivity index (χ0v) is 12.8. The second kappa shape index (κ2) is 5.43. The van der Waals surface area contributed by atoms with Crippen LogP contribution in [-0.4, -0.2) is 0 Å². The van der Waals surface area contributed by atoms with Gasteiger partial charge in [-0.05, 0) is 54.0 Å². The Morgan fingerprint density at radius 2 is 2.05 bits per heavy atom. The Kier molecular flexibility index (Phi) is 3.76. The Balaban J connectivity index is 2.00. The van der Waals surface area contributed by atoms with E-state index in [0.717, 1.165) is 18.4 Å². The largest absolute Gasteiger partial charge is 0.321 e. The van der Waals surface area contributed by atoms with Crippen molar-refractivity contribution in [1.82, 2.24) is 0 Å². The molecule has 2 aromatic rings. The maximum Gasteiger partial charge on any atom is 0.127 e. The maximum atomic E-state index is 14.1. The third kappa shape index (κ3) is 2.70. The summed E-state index contributed by atoms with van der Waals surface area (Å²) in [6.07, 6.45) is 2.40. The number of fused-ring (bicyclic) bond motifs is 1. The zero-order chi connectivity index (χ0) is 15.0. The van der Waals surface area contributed by atoms with Crippen molar-refractivity contribution >= 4 is 11.6 Å². The Morgan fingerprint density at radius 3 is 2.81 bits per heavy atom. The monoisotopic (exact) mass is 303 g/mol. The van der Waals surface area contributed by atoms with Gasteiger partial charge in [-0.15, -0.1) is 0 Å². The highest BCUT2D eigenvalue weighted by Gasteiger charge is 2.35. The number of benzene rings is 2. The zero-order valence-electron chi connectivity index (χ0n) is 12.1.